The summed E-state index contributed by atoms with van der Waals surface area (Å²) in [4.78, 5) is 19.2. The molecular weight excluding hydrogens is 294 g/mol. The Morgan fingerprint density at radius 1 is 1.40 bits per heavy atom. The maximum Gasteiger partial charge on any atom is 0.261 e. The molecule has 1 amide bonds. The number of carbonyl (C=O) groups excluding carboxylic acids is 1. The molecule has 1 atom stereocenters. The molecule has 6 heteroatoms. The number of rotatable bonds is 3. The van der Waals surface area contributed by atoms with Crippen LogP contribution in [0.15, 0.2) is 36.5 Å². The molecule has 4 nitrogen and oxygen atoms in total. The number of nitrogens with one attached hydrogen (secondary N) is 1. The van der Waals surface area contributed by atoms with Crippen LogP contribution in [0, 0.1) is 0 Å². The fraction of sp³-hybridized carbons (Fsp3) is 0.286. The Morgan fingerprint density at radius 3 is 3.00 bits per heavy atom. The largest absolute Gasteiger partial charge is 0.354 e. The van der Waals surface area contributed by atoms with Crippen LogP contribution in [-0.2, 0) is 0 Å². The lowest BCUT2D eigenvalue weighted by atomic mass is 10.2. The summed E-state index contributed by atoms with van der Waals surface area (Å²) in [5, 5.41) is 3.05. The van der Waals surface area contributed by atoms with E-state index in [0.29, 0.717) is 9.21 Å². The van der Waals surface area contributed by atoms with Crippen molar-refractivity contribution < 1.29 is 4.79 Å². The summed E-state index contributed by atoms with van der Waals surface area (Å²) in [7, 11) is 0. The highest BCUT2D eigenvalue weighted by atomic mass is 35.5. The Bertz CT molecular complexity index is 601. The minimum Gasteiger partial charge on any atom is -0.354 e. The number of pyridine rings is 1. The average Bonchev–Trinajstić information content (AvgIpc) is 3.09. The number of amides is 1. The average molecular weight is 308 g/mol. The molecule has 0 saturated carbocycles. The van der Waals surface area contributed by atoms with E-state index in [4.69, 9.17) is 11.6 Å². The molecule has 0 aliphatic carbocycles. The van der Waals surface area contributed by atoms with Gasteiger partial charge in [-0.25, -0.2) is 4.98 Å². The summed E-state index contributed by atoms with van der Waals surface area (Å²) in [5.74, 6) is 0.915. The molecule has 2 aromatic rings. The molecule has 1 aliphatic heterocycles. The lowest BCUT2D eigenvalue weighted by Gasteiger charge is -2.17. The van der Waals surface area contributed by atoms with Crippen molar-refractivity contribution in [1.29, 1.82) is 0 Å². The predicted molar refractivity (Wildman–Crippen MR) is 81.7 cm³/mol. The number of thiophene rings is 1. The van der Waals surface area contributed by atoms with E-state index in [1.165, 1.54) is 11.3 Å². The van der Waals surface area contributed by atoms with Crippen LogP contribution in [0.3, 0.4) is 0 Å². The standard InChI is InChI=1S/C14H14ClN3OS/c15-12-5-4-11(20-12)14(19)17-10-6-8-18(9-10)13-3-1-2-7-16-13/h1-5,7,10H,6,8-9H2,(H,17,19)/t10-/m0/s1. The molecule has 0 bridgehead atoms. The highest BCUT2D eigenvalue weighted by molar-refractivity contribution is 7.17. The van der Waals surface area contributed by atoms with Gasteiger partial charge in [-0.1, -0.05) is 17.7 Å². The van der Waals surface area contributed by atoms with Gasteiger partial charge in [-0.15, -0.1) is 11.3 Å². The number of hydrogen-bond donors (Lipinski definition) is 1. The van der Waals surface area contributed by atoms with Gasteiger partial charge >= 0.3 is 0 Å². The number of aromatic nitrogens is 1. The van der Waals surface area contributed by atoms with Crippen LogP contribution in [0.2, 0.25) is 4.34 Å². The van der Waals surface area contributed by atoms with Crippen molar-refractivity contribution in [2.45, 2.75) is 12.5 Å². The van der Waals surface area contributed by atoms with Gasteiger partial charge < -0.3 is 10.2 Å². The molecule has 1 saturated heterocycles. The molecule has 1 fully saturated rings. The van der Waals surface area contributed by atoms with Gasteiger partial charge in [0.05, 0.1) is 9.21 Å². The summed E-state index contributed by atoms with van der Waals surface area (Å²) in [6.07, 6.45) is 2.72. The zero-order valence-electron chi connectivity index (χ0n) is 10.8. The Morgan fingerprint density at radius 2 is 2.30 bits per heavy atom. The van der Waals surface area contributed by atoms with Gasteiger partial charge in [-0.05, 0) is 30.7 Å². The van der Waals surface area contributed by atoms with Crippen LogP contribution in [0.25, 0.3) is 0 Å². The Kier molecular flexibility index (Phi) is 3.89. The number of hydrogen-bond acceptors (Lipinski definition) is 4. The van der Waals surface area contributed by atoms with Crippen molar-refractivity contribution >= 4 is 34.7 Å². The van der Waals surface area contributed by atoms with Crippen LogP contribution in [-0.4, -0.2) is 30.0 Å². The van der Waals surface area contributed by atoms with Gasteiger partial charge in [0.25, 0.3) is 5.91 Å². The first-order chi connectivity index (χ1) is 9.72. The monoisotopic (exact) mass is 307 g/mol. The van der Waals surface area contributed by atoms with Crippen molar-refractivity contribution in [2.75, 3.05) is 18.0 Å². The minimum absolute atomic E-state index is 0.0465. The van der Waals surface area contributed by atoms with Crippen molar-refractivity contribution in [2.24, 2.45) is 0 Å². The first-order valence-corrected chi connectivity index (χ1v) is 7.64. The van der Waals surface area contributed by atoms with E-state index in [-0.39, 0.29) is 11.9 Å². The molecule has 2 aromatic heterocycles. The van der Waals surface area contributed by atoms with Gasteiger partial charge in [0.2, 0.25) is 0 Å². The normalized spacial score (nSPS) is 18.2. The summed E-state index contributed by atoms with van der Waals surface area (Å²) in [6.45, 7) is 1.70. The molecule has 3 heterocycles. The molecule has 3 rings (SSSR count). The first kappa shape index (κ1) is 13.4. The first-order valence-electron chi connectivity index (χ1n) is 6.44. The topological polar surface area (TPSA) is 45.2 Å². The summed E-state index contributed by atoms with van der Waals surface area (Å²) >= 11 is 7.15. The van der Waals surface area contributed by atoms with Gasteiger partial charge in [-0.3, -0.25) is 4.79 Å². The van der Waals surface area contributed by atoms with Crippen molar-refractivity contribution in [3.05, 3.63) is 45.7 Å². The summed E-state index contributed by atoms with van der Waals surface area (Å²) in [6, 6.07) is 9.53. The number of anilines is 1. The molecule has 104 valence electrons. The van der Waals surface area contributed by atoms with Crippen molar-refractivity contribution in [1.82, 2.24) is 10.3 Å². The minimum atomic E-state index is -0.0465. The predicted octanol–water partition coefficient (Wildman–Crippen LogP) is 2.81. The van der Waals surface area contributed by atoms with Crippen LogP contribution < -0.4 is 10.2 Å². The van der Waals surface area contributed by atoms with Crippen LogP contribution in [0.4, 0.5) is 5.82 Å². The van der Waals surface area contributed by atoms with Gasteiger partial charge in [0.15, 0.2) is 0 Å². The van der Waals surface area contributed by atoms with E-state index < -0.39 is 0 Å². The fourth-order valence-electron chi connectivity index (χ4n) is 2.32. The second kappa shape index (κ2) is 5.81. The second-order valence-corrected chi connectivity index (χ2v) is 6.41. The van der Waals surface area contributed by atoms with Crippen LogP contribution >= 0.6 is 22.9 Å². The van der Waals surface area contributed by atoms with Gasteiger partial charge in [-0.2, -0.15) is 0 Å². The number of halogens is 1. The third-order valence-electron chi connectivity index (χ3n) is 3.29. The molecular formula is C14H14ClN3OS. The third-order valence-corrected chi connectivity index (χ3v) is 4.52. The Hall–Kier alpha value is -1.59. The molecule has 0 radical (unpaired) electrons. The van der Waals surface area contributed by atoms with E-state index in [2.05, 4.69) is 15.2 Å². The number of carbonyl (C=O) groups is 1. The molecule has 0 spiro atoms. The van der Waals surface area contributed by atoms with E-state index >= 15 is 0 Å². The maximum absolute atomic E-state index is 12.1. The lowest BCUT2D eigenvalue weighted by molar-refractivity contribution is 0.0944. The van der Waals surface area contributed by atoms with Gasteiger partial charge in [0, 0.05) is 25.3 Å². The highest BCUT2D eigenvalue weighted by Crippen LogP contribution is 2.22. The highest BCUT2D eigenvalue weighted by Gasteiger charge is 2.25. The summed E-state index contributed by atoms with van der Waals surface area (Å²) in [5.41, 5.74) is 0. The Balaban J connectivity index is 1.59. The van der Waals surface area contributed by atoms with Crippen LogP contribution in [0.1, 0.15) is 16.1 Å². The third kappa shape index (κ3) is 2.94. The van der Waals surface area contributed by atoms with Crippen molar-refractivity contribution in [3.8, 4) is 0 Å². The Labute approximate surface area is 126 Å². The van der Waals surface area contributed by atoms with Gasteiger partial charge in [0.1, 0.15) is 5.82 Å². The maximum atomic E-state index is 12.1. The smallest absolute Gasteiger partial charge is 0.261 e. The fourth-order valence-corrected chi connectivity index (χ4v) is 3.27. The molecule has 20 heavy (non-hydrogen) atoms. The molecule has 1 N–H and O–H groups in total. The van der Waals surface area contributed by atoms with E-state index in [9.17, 15) is 4.79 Å². The zero-order valence-corrected chi connectivity index (χ0v) is 12.3. The SMILES string of the molecule is O=C(N[C@H]1CCN(c2ccccn2)C1)c1ccc(Cl)s1. The summed E-state index contributed by atoms with van der Waals surface area (Å²) < 4.78 is 0.636. The quantitative estimate of drug-likeness (QED) is 0.948. The molecule has 0 unspecified atom stereocenters. The molecule has 1 aliphatic rings. The second-order valence-electron chi connectivity index (χ2n) is 4.70. The number of nitrogens with zero attached hydrogens (tertiary/aromatic N) is 2. The zero-order chi connectivity index (χ0) is 13.9. The molecule has 0 aromatic carbocycles. The van der Waals surface area contributed by atoms with E-state index in [1.807, 2.05) is 18.2 Å². The van der Waals surface area contributed by atoms with Crippen LogP contribution in [0.5, 0.6) is 0 Å². The lowest BCUT2D eigenvalue weighted by Crippen LogP contribution is -2.36. The van der Waals surface area contributed by atoms with Crippen molar-refractivity contribution in [3.63, 3.8) is 0 Å². The van der Waals surface area contributed by atoms with E-state index in [0.717, 1.165) is 25.3 Å². The van der Waals surface area contributed by atoms with E-state index in [1.54, 1.807) is 18.3 Å².